The Morgan fingerprint density at radius 3 is 2.46 bits per heavy atom. The van der Waals surface area contributed by atoms with Crippen LogP contribution in [0.1, 0.15) is 28.1 Å². The average molecular weight is 348 g/mol. The van der Waals surface area contributed by atoms with E-state index in [1.54, 1.807) is 0 Å². The fourth-order valence-electron chi connectivity index (χ4n) is 2.17. The van der Waals surface area contributed by atoms with E-state index in [0.717, 1.165) is 16.9 Å². The Labute approximate surface area is 142 Å². The first kappa shape index (κ1) is 17.6. The number of carbonyl (C=O) groups is 2. The van der Waals surface area contributed by atoms with Crippen molar-refractivity contribution in [2.24, 2.45) is 0 Å². The minimum Gasteiger partial charge on any atom is -0.481 e. The van der Waals surface area contributed by atoms with Crippen LogP contribution in [0.3, 0.4) is 0 Å². The van der Waals surface area contributed by atoms with Gasteiger partial charge in [0.2, 0.25) is 0 Å². The van der Waals surface area contributed by atoms with E-state index in [2.05, 4.69) is 0 Å². The van der Waals surface area contributed by atoms with Crippen molar-refractivity contribution in [1.29, 1.82) is 0 Å². The summed E-state index contributed by atoms with van der Waals surface area (Å²) in [5.41, 5.74) is 0.909. The second kappa shape index (κ2) is 8.21. The molecule has 126 valence electrons. The van der Waals surface area contributed by atoms with Gasteiger partial charge in [0.1, 0.15) is 0 Å². The highest BCUT2D eigenvalue weighted by Gasteiger charge is 2.21. The first-order chi connectivity index (χ1) is 11.5. The smallest absolute Gasteiger partial charge is 0.324 e. The third-order valence-corrected chi connectivity index (χ3v) is 4.33. The number of hydrogen-bond acceptors (Lipinski definition) is 5. The van der Waals surface area contributed by atoms with E-state index < -0.39 is 10.9 Å². The van der Waals surface area contributed by atoms with Gasteiger partial charge in [-0.25, -0.2) is 0 Å². The minimum atomic E-state index is -0.922. The van der Waals surface area contributed by atoms with E-state index in [4.69, 9.17) is 5.11 Å². The van der Waals surface area contributed by atoms with Crippen molar-refractivity contribution in [3.8, 4) is 0 Å². The van der Waals surface area contributed by atoms with E-state index in [1.165, 1.54) is 17.0 Å². The molecule has 0 atom stereocenters. The molecule has 0 saturated heterocycles. The molecule has 0 radical (unpaired) electrons. The highest BCUT2D eigenvalue weighted by Crippen LogP contribution is 2.25. The number of rotatable bonds is 8. The second-order valence-corrected chi connectivity index (χ2v) is 6.17. The van der Waals surface area contributed by atoms with Crippen LogP contribution in [0.4, 0.5) is 5.00 Å². The lowest BCUT2D eigenvalue weighted by Crippen LogP contribution is -2.31. The highest BCUT2D eigenvalue weighted by atomic mass is 32.1. The molecule has 0 aliphatic rings. The van der Waals surface area contributed by atoms with Gasteiger partial charge in [-0.3, -0.25) is 19.7 Å². The maximum atomic E-state index is 12.6. The SMILES string of the molecule is O=C(O)CCCN(Cc1ccccc1)C(=O)c1ccc([N+](=O)[O-])s1. The Kier molecular flexibility index (Phi) is 6.02. The molecule has 0 unspecified atom stereocenters. The second-order valence-electron chi connectivity index (χ2n) is 5.10. The van der Waals surface area contributed by atoms with Crippen molar-refractivity contribution < 1.29 is 19.6 Å². The molecular formula is C16H16N2O5S. The highest BCUT2D eigenvalue weighted by molar-refractivity contribution is 7.17. The number of nitro groups is 1. The summed E-state index contributed by atoms with van der Waals surface area (Å²) in [5, 5.41) is 19.4. The Hall–Kier alpha value is -2.74. The summed E-state index contributed by atoms with van der Waals surface area (Å²) in [6.45, 7) is 0.594. The summed E-state index contributed by atoms with van der Waals surface area (Å²) >= 11 is 0.821. The topological polar surface area (TPSA) is 101 Å². The van der Waals surface area contributed by atoms with Gasteiger partial charge in [-0.2, -0.15) is 0 Å². The van der Waals surface area contributed by atoms with Gasteiger partial charge in [0, 0.05) is 25.6 Å². The summed E-state index contributed by atoms with van der Waals surface area (Å²) in [6.07, 6.45) is 0.282. The maximum absolute atomic E-state index is 12.6. The Morgan fingerprint density at radius 2 is 1.88 bits per heavy atom. The third kappa shape index (κ3) is 4.88. The van der Waals surface area contributed by atoms with Crippen LogP contribution >= 0.6 is 11.3 Å². The monoisotopic (exact) mass is 348 g/mol. The van der Waals surface area contributed by atoms with Gasteiger partial charge in [-0.1, -0.05) is 41.7 Å². The molecule has 0 aliphatic heterocycles. The van der Waals surface area contributed by atoms with Crippen LogP contribution in [0.15, 0.2) is 42.5 Å². The van der Waals surface area contributed by atoms with Gasteiger partial charge in [0.25, 0.3) is 5.91 Å². The molecule has 0 bridgehead atoms. The van der Waals surface area contributed by atoms with Crippen LogP contribution in [-0.4, -0.2) is 33.4 Å². The molecule has 1 N–H and O–H groups in total. The molecule has 1 aromatic carbocycles. The lowest BCUT2D eigenvalue weighted by molar-refractivity contribution is -0.380. The number of aliphatic carboxylic acids is 1. The summed E-state index contributed by atoms with van der Waals surface area (Å²) in [4.78, 5) is 35.3. The number of hydrogen-bond donors (Lipinski definition) is 1. The molecule has 0 saturated carbocycles. The van der Waals surface area contributed by atoms with Gasteiger partial charge in [0.05, 0.1) is 9.80 Å². The van der Waals surface area contributed by atoms with E-state index in [0.29, 0.717) is 13.0 Å². The molecule has 0 aliphatic carbocycles. The first-order valence-corrected chi connectivity index (χ1v) is 8.08. The standard InChI is InChI=1S/C16H16N2O5S/c19-15(20)7-4-10-17(11-12-5-2-1-3-6-12)16(21)13-8-9-14(24-13)18(22)23/h1-3,5-6,8-9H,4,7,10-11H2,(H,19,20). The van der Waals surface area contributed by atoms with E-state index >= 15 is 0 Å². The van der Waals surface area contributed by atoms with Crippen molar-refractivity contribution >= 4 is 28.2 Å². The predicted molar refractivity (Wildman–Crippen MR) is 89.0 cm³/mol. The number of nitrogens with zero attached hydrogens (tertiary/aromatic N) is 2. The zero-order valence-corrected chi connectivity index (χ0v) is 13.6. The largest absolute Gasteiger partial charge is 0.481 e. The van der Waals surface area contributed by atoms with Crippen LogP contribution in [0.25, 0.3) is 0 Å². The van der Waals surface area contributed by atoms with Crippen molar-refractivity contribution in [2.45, 2.75) is 19.4 Å². The van der Waals surface area contributed by atoms with Crippen LogP contribution in [-0.2, 0) is 11.3 Å². The first-order valence-electron chi connectivity index (χ1n) is 7.26. The summed E-state index contributed by atoms with van der Waals surface area (Å²) in [5.74, 6) is -1.25. The number of thiophene rings is 1. The Balaban J connectivity index is 2.14. The van der Waals surface area contributed by atoms with Gasteiger partial charge >= 0.3 is 11.0 Å². The molecule has 8 heteroatoms. The summed E-state index contributed by atoms with van der Waals surface area (Å²) in [6, 6.07) is 12.0. The number of carboxylic acid groups (broad SMARTS) is 1. The predicted octanol–water partition coefficient (Wildman–Crippen LogP) is 3.16. The summed E-state index contributed by atoms with van der Waals surface area (Å²) in [7, 11) is 0. The maximum Gasteiger partial charge on any atom is 0.324 e. The van der Waals surface area contributed by atoms with Gasteiger partial charge in [-0.05, 0) is 18.1 Å². The molecule has 2 rings (SSSR count). The minimum absolute atomic E-state index is 0.0385. The average Bonchev–Trinajstić information content (AvgIpc) is 3.04. The molecule has 0 spiro atoms. The molecule has 1 heterocycles. The normalized spacial score (nSPS) is 10.3. The molecule has 1 aromatic heterocycles. The van der Waals surface area contributed by atoms with Crippen LogP contribution < -0.4 is 0 Å². The van der Waals surface area contributed by atoms with Crippen molar-refractivity contribution in [1.82, 2.24) is 4.90 Å². The molecule has 7 nitrogen and oxygen atoms in total. The number of benzene rings is 1. The lowest BCUT2D eigenvalue weighted by atomic mass is 10.2. The molecule has 1 amide bonds. The summed E-state index contributed by atoms with van der Waals surface area (Å²) < 4.78 is 0. The van der Waals surface area contributed by atoms with Crippen molar-refractivity contribution in [2.75, 3.05) is 6.54 Å². The molecule has 2 aromatic rings. The molecule has 24 heavy (non-hydrogen) atoms. The van der Waals surface area contributed by atoms with E-state index in [-0.39, 0.29) is 28.8 Å². The van der Waals surface area contributed by atoms with Crippen LogP contribution in [0, 0.1) is 10.1 Å². The fourth-order valence-corrected chi connectivity index (χ4v) is 2.96. The Morgan fingerprint density at radius 1 is 1.17 bits per heavy atom. The third-order valence-electron chi connectivity index (χ3n) is 3.30. The van der Waals surface area contributed by atoms with Crippen molar-refractivity contribution in [3.63, 3.8) is 0 Å². The Bertz CT molecular complexity index is 729. The number of amides is 1. The van der Waals surface area contributed by atoms with Crippen molar-refractivity contribution in [3.05, 3.63) is 63.0 Å². The zero-order valence-electron chi connectivity index (χ0n) is 12.8. The van der Waals surface area contributed by atoms with Gasteiger partial charge in [0.15, 0.2) is 0 Å². The van der Waals surface area contributed by atoms with Gasteiger partial charge < -0.3 is 10.0 Å². The number of carboxylic acids is 1. The van der Waals surface area contributed by atoms with Crippen LogP contribution in [0.2, 0.25) is 0 Å². The van der Waals surface area contributed by atoms with Gasteiger partial charge in [-0.15, -0.1) is 0 Å². The lowest BCUT2D eigenvalue weighted by Gasteiger charge is -2.22. The number of carbonyl (C=O) groups excluding carboxylic acids is 1. The molecule has 0 fully saturated rings. The zero-order chi connectivity index (χ0) is 17.5. The molecular weight excluding hydrogens is 332 g/mol. The van der Waals surface area contributed by atoms with Crippen LogP contribution in [0.5, 0.6) is 0 Å². The van der Waals surface area contributed by atoms with E-state index in [1.807, 2.05) is 30.3 Å². The quantitative estimate of drug-likeness (QED) is 0.583. The van der Waals surface area contributed by atoms with E-state index in [9.17, 15) is 19.7 Å². The fraction of sp³-hybridized carbons (Fsp3) is 0.250.